The molecule has 0 atom stereocenters. The zero-order chi connectivity index (χ0) is 18.0. The first-order valence-electron chi connectivity index (χ1n) is 7.99. The van der Waals surface area contributed by atoms with Crippen LogP contribution in [0.3, 0.4) is 0 Å². The lowest BCUT2D eigenvalue weighted by molar-refractivity contribution is -0.391. The number of non-ortho nitro benzene ring substituents is 2. The van der Waals surface area contributed by atoms with Gasteiger partial charge in [-0.15, -0.1) is 0 Å². The molecule has 0 aliphatic carbocycles. The van der Waals surface area contributed by atoms with Crippen LogP contribution in [0.15, 0.2) is 60.7 Å². The van der Waals surface area contributed by atoms with Gasteiger partial charge in [0.1, 0.15) is 0 Å². The van der Waals surface area contributed by atoms with E-state index in [1.165, 1.54) is 0 Å². The average Bonchev–Trinajstić information content (AvgIpc) is 2.65. The van der Waals surface area contributed by atoms with E-state index in [1.807, 2.05) is 48.5 Å². The smallest absolute Gasteiger partial charge is 0.258 e. The number of nitro groups is 2. The molecule has 6 nitrogen and oxygen atoms in total. The molecule has 5 aromatic rings. The summed E-state index contributed by atoms with van der Waals surface area (Å²) in [5.41, 5.74) is -0.481. The third kappa shape index (κ3) is 1.70. The molecule has 0 bridgehead atoms. The zero-order valence-corrected chi connectivity index (χ0v) is 13.3. The topological polar surface area (TPSA) is 86.3 Å². The highest BCUT2D eigenvalue weighted by Crippen LogP contribution is 2.46. The molecule has 0 N–H and O–H groups in total. The van der Waals surface area contributed by atoms with Gasteiger partial charge in [0.25, 0.3) is 11.4 Å². The highest BCUT2D eigenvalue weighted by atomic mass is 16.6. The highest BCUT2D eigenvalue weighted by molar-refractivity contribution is 6.36. The molecule has 6 heteroatoms. The molecule has 5 rings (SSSR count). The first-order valence-corrected chi connectivity index (χ1v) is 7.99. The SMILES string of the molecule is O=[N+]([O-])c1cc([N+](=O)[O-])c2c3ccccc3c3cccc4ccc1c2c43. The molecule has 0 aliphatic heterocycles. The maximum absolute atomic E-state index is 11.7. The average molecular weight is 342 g/mol. The Morgan fingerprint density at radius 1 is 0.577 bits per heavy atom. The second-order valence-electron chi connectivity index (χ2n) is 6.24. The molecule has 0 heterocycles. The summed E-state index contributed by atoms with van der Waals surface area (Å²) in [7, 11) is 0. The van der Waals surface area contributed by atoms with Gasteiger partial charge in [0.05, 0.1) is 26.7 Å². The van der Waals surface area contributed by atoms with Crippen LogP contribution in [-0.4, -0.2) is 9.85 Å². The summed E-state index contributed by atoms with van der Waals surface area (Å²) in [6.45, 7) is 0. The van der Waals surface area contributed by atoms with Gasteiger partial charge in [0.2, 0.25) is 0 Å². The first-order chi connectivity index (χ1) is 12.6. The maximum Gasteiger partial charge on any atom is 0.284 e. The number of nitrogens with zero attached hydrogens (tertiary/aromatic N) is 2. The third-order valence-corrected chi connectivity index (χ3v) is 4.98. The number of hydrogen-bond acceptors (Lipinski definition) is 4. The summed E-state index contributed by atoms with van der Waals surface area (Å²) in [5.74, 6) is 0. The van der Waals surface area contributed by atoms with Crippen molar-refractivity contribution < 1.29 is 9.85 Å². The predicted molar refractivity (Wildman–Crippen MR) is 101 cm³/mol. The Kier molecular flexibility index (Phi) is 2.72. The van der Waals surface area contributed by atoms with E-state index >= 15 is 0 Å². The molecule has 0 fully saturated rings. The van der Waals surface area contributed by atoms with Crippen LogP contribution in [0.2, 0.25) is 0 Å². The molecule has 0 spiro atoms. The summed E-state index contributed by atoms with van der Waals surface area (Å²) in [5, 5.41) is 29.1. The molecule has 0 radical (unpaired) electrons. The van der Waals surface area contributed by atoms with Crippen molar-refractivity contribution in [3.05, 3.63) is 80.9 Å². The van der Waals surface area contributed by atoms with Crippen LogP contribution >= 0.6 is 0 Å². The number of fused-ring (bicyclic) bond motifs is 3. The van der Waals surface area contributed by atoms with Crippen molar-refractivity contribution >= 4 is 54.5 Å². The van der Waals surface area contributed by atoms with E-state index in [-0.39, 0.29) is 11.4 Å². The summed E-state index contributed by atoms with van der Waals surface area (Å²) in [6.07, 6.45) is 0. The molecule has 5 aromatic carbocycles. The van der Waals surface area contributed by atoms with Crippen LogP contribution in [0.25, 0.3) is 43.1 Å². The number of hydrogen-bond donors (Lipinski definition) is 0. The van der Waals surface area contributed by atoms with Gasteiger partial charge in [-0.3, -0.25) is 20.2 Å². The minimum atomic E-state index is -0.554. The minimum Gasteiger partial charge on any atom is -0.258 e. The quantitative estimate of drug-likeness (QED) is 0.182. The van der Waals surface area contributed by atoms with E-state index < -0.39 is 9.85 Å². The van der Waals surface area contributed by atoms with Crippen LogP contribution in [-0.2, 0) is 0 Å². The van der Waals surface area contributed by atoms with E-state index in [1.54, 1.807) is 6.07 Å². The van der Waals surface area contributed by atoms with Crippen molar-refractivity contribution in [2.75, 3.05) is 0 Å². The second-order valence-corrected chi connectivity index (χ2v) is 6.24. The number of nitro benzene ring substituents is 2. The summed E-state index contributed by atoms with van der Waals surface area (Å²) >= 11 is 0. The zero-order valence-electron chi connectivity index (χ0n) is 13.3. The largest absolute Gasteiger partial charge is 0.284 e. The lowest BCUT2D eigenvalue weighted by Gasteiger charge is -2.14. The van der Waals surface area contributed by atoms with Crippen molar-refractivity contribution in [1.82, 2.24) is 0 Å². The fourth-order valence-electron chi connectivity index (χ4n) is 3.99. The molecule has 26 heavy (non-hydrogen) atoms. The molecular formula is C20H10N2O4. The Morgan fingerprint density at radius 2 is 1.23 bits per heavy atom. The number of rotatable bonds is 2. The fraction of sp³-hybridized carbons (Fsp3) is 0. The van der Waals surface area contributed by atoms with E-state index in [0.29, 0.717) is 16.2 Å². The van der Waals surface area contributed by atoms with Gasteiger partial charge in [-0.25, -0.2) is 0 Å². The van der Waals surface area contributed by atoms with Crippen LogP contribution in [0.1, 0.15) is 0 Å². The monoisotopic (exact) mass is 342 g/mol. The van der Waals surface area contributed by atoms with E-state index in [9.17, 15) is 20.2 Å². The fourth-order valence-corrected chi connectivity index (χ4v) is 3.99. The lowest BCUT2D eigenvalue weighted by Crippen LogP contribution is -1.97. The summed E-state index contributed by atoms with van der Waals surface area (Å²) in [4.78, 5) is 22.2. The molecule has 0 amide bonds. The highest BCUT2D eigenvalue weighted by Gasteiger charge is 2.27. The molecule has 0 unspecified atom stereocenters. The van der Waals surface area contributed by atoms with Crippen molar-refractivity contribution in [2.45, 2.75) is 0 Å². The lowest BCUT2D eigenvalue weighted by atomic mass is 9.88. The Hall–Kier alpha value is -3.80. The van der Waals surface area contributed by atoms with Gasteiger partial charge >= 0.3 is 0 Å². The predicted octanol–water partition coefficient (Wildman–Crippen LogP) is 5.55. The minimum absolute atomic E-state index is 0.237. The van der Waals surface area contributed by atoms with E-state index in [2.05, 4.69) is 0 Å². The molecule has 0 saturated heterocycles. The molecule has 0 aliphatic rings. The van der Waals surface area contributed by atoms with Crippen molar-refractivity contribution in [2.24, 2.45) is 0 Å². The molecule has 0 aromatic heterocycles. The van der Waals surface area contributed by atoms with Crippen LogP contribution in [0, 0.1) is 20.2 Å². The van der Waals surface area contributed by atoms with Crippen molar-refractivity contribution in [1.29, 1.82) is 0 Å². The van der Waals surface area contributed by atoms with Gasteiger partial charge in [0.15, 0.2) is 0 Å². The Morgan fingerprint density at radius 3 is 1.96 bits per heavy atom. The van der Waals surface area contributed by atoms with Gasteiger partial charge in [-0.1, -0.05) is 48.5 Å². The van der Waals surface area contributed by atoms with Crippen LogP contribution < -0.4 is 0 Å². The van der Waals surface area contributed by atoms with E-state index in [0.717, 1.165) is 33.0 Å². The van der Waals surface area contributed by atoms with Crippen LogP contribution in [0.5, 0.6) is 0 Å². The maximum atomic E-state index is 11.7. The summed E-state index contributed by atoms with van der Waals surface area (Å²) < 4.78 is 0. The summed E-state index contributed by atoms with van der Waals surface area (Å²) in [6, 6.07) is 17.9. The Balaban J connectivity index is 2.27. The van der Waals surface area contributed by atoms with Gasteiger partial charge in [-0.2, -0.15) is 0 Å². The van der Waals surface area contributed by atoms with Gasteiger partial charge in [0, 0.05) is 5.39 Å². The van der Waals surface area contributed by atoms with E-state index in [4.69, 9.17) is 0 Å². The molecular weight excluding hydrogens is 332 g/mol. The Bertz CT molecular complexity index is 1390. The van der Waals surface area contributed by atoms with Gasteiger partial charge in [-0.05, 0) is 33.0 Å². The van der Waals surface area contributed by atoms with Crippen molar-refractivity contribution in [3.63, 3.8) is 0 Å². The van der Waals surface area contributed by atoms with Crippen LogP contribution in [0.4, 0.5) is 11.4 Å². The second kappa shape index (κ2) is 4.86. The first kappa shape index (κ1) is 14.5. The molecule has 124 valence electrons. The number of benzene rings is 5. The standard InChI is InChI=1S/C20H10N2O4/c23-21(24)16-10-17(22(25)26)19-14-6-2-1-5-12(14)13-7-3-4-11-8-9-15(16)20(19)18(11)13/h1-10H. The molecule has 0 saturated carbocycles. The normalized spacial score (nSPS) is 11.7. The van der Waals surface area contributed by atoms with Crippen molar-refractivity contribution in [3.8, 4) is 0 Å². The van der Waals surface area contributed by atoms with Gasteiger partial charge < -0.3 is 0 Å². The third-order valence-electron chi connectivity index (χ3n) is 4.98. The Labute approximate surface area is 145 Å².